The Labute approximate surface area is 61.5 Å². The zero-order chi connectivity index (χ0) is 7.56. The van der Waals surface area contributed by atoms with Crippen LogP contribution in [-0.4, -0.2) is 31.3 Å². The van der Waals surface area contributed by atoms with Crippen molar-refractivity contribution in [3.05, 3.63) is 11.6 Å². The van der Waals surface area contributed by atoms with Crippen LogP contribution in [-0.2, 0) is 4.79 Å². The molecule has 2 nitrogen and oxygen atoms in total. The molecule has 0 aromatic heterocycles. The fraction of sp³-hybridized carbons (Fsp3) is 0.625. The molecule has 0 atom stereocenters. The molecule has 0 N–H and O–H groups in total. The maximum absolute atomic E-state index is 11.0. The molecule has 1 fully saturated rings. The molecule has 0 aliphatic heterocycles. The molecule has 0 unspecified atom stereocenters. The second-order valence-corrected chi connectivity index (χ2v) is 3.01. The van der Waals surface area contributed by atoms with Crippen molar-refractivity contribution >= 4 is 5.78 Å². The summed E-state index contributed by atoms with van der Waals surface area (Å²) < 4.78 is 0. The van der Waals surface area contributed by atoms with Crippen molar-refractivity contribution in [3.8, 4) is 0 Å². The predicted octanol–water partition coefficient (Wildman–Crippen LogP) is 0.837. The van der Waals surface area contributed by atoms with Crippen LogP contribution >= 0.6 is 0 Å². The van der Waals surface area contributed by atoms with E-state index < -0.39 is 0 Å². The smallest absolute Gasteiger partial charge is 0.169 e. The first-order chi connectivity index (χ1) is 4.68. The normalized spacial score (nSPS) is 15.7. The predicted molar refractivity (Wildman–Crippen MR) is 40.9 cm³/mol. The number of allylic oxidation sites excluding steroid dienone is 1. The standard InChI is InChI=1S/C8H13NO/c1-9(2)6-8(10)5-7-3-4-7/h5H,3-4,6H2,1-2H3. The van der Waals surface area contributed by atoms with Gasteiger partial charge in [0.1, 0.15) is 0 Å². The minimum absolute atomic E-state index is 0.234. The summed E-state index contributed by atoms with van der Waals surface area (Å²) in [6.45, 7) is 0.545. The lowest BCUT2D eigenvalue weighted by Crippen LogP contribution is -2.19. The van der Waals surface area contributed by atoms with E-state index >= 15 is 0 Å². The maximum Gasteiger partial charge on any atom is 0.169 e. The van der Waals surface area contributed by atoms with Crippen LogP contribution in [0.5, 0.6) is 0 Å². The van der Waals surface area contributed by atoms with E-state index in [-0.39, 0.29) is 5.78 Å². The van der Waals surface area contributed by atoms with Gasteiger partial charge in [0.2, 0.25) is 0 Å². The third-order valence-electron chi connectivity index (χ3n) is 1.38. The zero-order valence-corrected chi connectivity index (χ0v) is 6.55. The average molecular weight is 139 g/mol. The number of ketones is 1. The van der Waals surface area contributed by atoms with Gasteiger partial charge in [-0.05, 0) is 33.0 Å². The molecule has 0 aromatic carbocycles. The number of carbonyl (C=O) groups is 1. The number of hydrogen-bond acceptors (Lipinski definition) is 2. The van der Waals surface area contributed by atoms with Gasteiger partial charge in [-0.25, -0.2) is 0 Å². The molecule has 0 heterocycles. The van der Waals surface area contributed by atoms with Gasteiger partial charge in [-0.2, -0.15) is 0 Å². The molecule has 1 rings (SSSR count). The van der Waals surface area contributed by atoms with E-state index in [1.54, 1.807) is 6.08 Å². The van der Waals surface area contributed by atoms with Gasteiger partial charge < -0.3 is 4.90 Å². The van der Waals surface area contributed by atoms with E-state index in [1.807, 2.05) is 19.0 Å². The van der Waals surface area contributed by atoms with Crippen LogP contribution in [0.4, 0.5) is 0 Å². The molecule has 0 saturated heterocycles. The molecule has 1 aliphatic carbocycles. The Bertz CT molecular complexity index is 164. The summed E-state index contributed by atoms with van der Waals surface area (Å²) in [6, 6.07) is 0. The van der Waals surface area contributed by atoms with Crippen LogP contribution in [0.25, 0.3) is 0 Å². The summed E-state index contributed by atoms with van der Waals surface area (Å²) in [5, 5.41) is 0. The highest BCUT2D eigenvalue weighted by atomic mass is 16.1. The van der Waals surface area contributed by atoms with Gasteiger partial charge in [0.25, 0.3) is 0 Å². The Balaban J connectivity index is 2.28. The van der Waals surface area contributed by atoms with Crippen molar-refractivity contribution in [2.24, 2.45) is 0 Å². The first kappa shape index (κ1) is 7.48. The molecule has 0 aromatic rings. The molecular weight excluding hydrogens is 126 g/mol. The lowest BCUT2D eigenvalue weighted by atomic mass is 10.3. The Morgan fingerprint density at radius 2 is 2.20 bits per heavy atom. The lowest BCUT2D eigenvalue weighted by Gasteiger charge is -2.04. The number of rotatable bonds is 3. The topological polar surface area (TPSA) is 20.3 Å². The van der Waals surface area contributed by atoms with Crippen molar-refractivity contribution in [3.63, 3.8) is 0 Å². The van der Waals surface area contributed by atoms with Crippen molar-refractivity contribution in [1.29, 1.82) is 0 Å². The highest BCUT2D eigenvalue weighted by Crippen LogP contribution is 2.27. The third-order valence-corrected chi connectivity index (χ3v) is 1.38. The van der Waals surface area contributed by atoms with E-state index in [0.29, 0.717) is 6.54 Å². The van der Waals surface area contributed by atoms with Crippen LogP contribution in [0.1, 0.15) is 12.8 Å². The number of hydrogen-bond donors (Lipinski definition) is 0. The van der Waals surface area contributed by atoms with E-state index in [1.165, 1.54) is 5.57 Å². The summed E-state index contributed by atoms with van der Waals surface area (Å²) in [6.07, 6.45) is 4.05. The largest absolute Gasteiger partial charge is 0.302 e. The average Bonchev–Trinajstić information content (AvgIpc) is 2.46. The van der Waals surface area contributed by atoms with Gasteiger partial charge in [-0.3, -0.25) is 4.79 Å². The fourth-order valence-corrected chi connectivity index (χ4v) is 0.801. The quantitative estimate of drug-likeness (QED) is 0.540. The Kier molecular flexibility index (Phi) is 2.22. The Morgan fingerprint density at radius 1 is 1.60 bits per heavy atom. The minimum Gasteiger partial charge on any atom is -0.302 e. The summed E-state index contributed by atoms with van der Waals surface area (Å²) in [5.74, 6) is 0.234. The number of nitrogens with zero attached hydrogens (tertiary/aromatic N) is 1. The minimum atomic E-state index is 0.234. The molecule has 10 heavy (non-hydrogen) atoms. The summed E-state index contributed by atoms with van der Waals surface area (Å²) in [5.41, 5.74) is 1.31. The van der Waals surface area contributed by atoms with Crippen LogP contribution in [0, 0.1) is 0 Å². The van der Waals surface area contributed by atoms with Crippen molar-refractivity contribution in [1.82, 2.24) is 4.90 Å². The summed E-state index contributed by atoms with van der Waals surface area (Å²) in [7, 11) is 3.81. The van der Waals surface area contributed by atoms with E-state index in [9.17, 15) is 4.79 Å². The lowest BCUT2D eigenvalue weighted by molar-refractivity contribution is -0.115. The monoisotopic (exact) mass is 139 g/mol. The van der Waals surface area contributed by atoms with Gasteiger partial charge >= 0.3 is 0 Å². The first-order valence-electron chi connectivity index (χ1n) is 3.55. The second kappa shape index (κ2) is 2.97. The number of likely N-dealkylation sites (N-methyl/N-ethyl adjacent to an activating group) is 1. The molecule has 1 saturated carbocycles. The molecule has 56 valence electrons. The van der Waals surface area contributed by atoms with Gasteiger partial charge in [-0.15, -0.1) is 0 Å². The SMILES string of the molecule is CN(C)CC(=O)C=C1CC1. The highest BCUT2D eigenvalue weighted by Gasteiger charge is 2.12. The van der Waals surface area contributed by atoms with Crippen molar-refractivity contribution in [2.75, 3.05) is 20.6 Å². The summed E-state index contributed by atoms with van der Waals surface area (Å²) >= 11 is 0. The first-order valence-corrected chi connectivity index (χ1v) is 3.55. The van der Waals surface area contributed by atoms with Gasteiger partial charge in [-0.1, -0.05) is 5.57 Å². The fourth-order valence-electron chi connectivity index (χ4n) is 0.801. The van der Waals surface area contributed by atoms with E-state index in [4.69, 9.17) is 0 Å². The molecule has 0 radical (unpaired) electrons. The second-order valence-electron chi connectivity index (χ2n) is 3.01. The van der Waals surface area contributed by atoms with Crippen molar-refractivity contribution in [2.45, 2.75) is 12.8 Å². The van der Waals surface area contributed by atoms with Gasteiger partial charge in [0.15, 0.2) is 5.78 Å². The Hall–Kier alpha value is -0.630. The summed E-state index contributed by atoms with van der Waals surface area (Å²) in [4.78, 5) is 12.9. The maximum atomic E-state index is 11.0. The molecule has 2 heteroatoms. The van der Waals surface area contributed by atoms with Gasteiger partial charge in [0, 0.05) is 0 Å². The van der Waals surface area contributed by atoms with Crippen LogP contribution in [0.15, 0.2) is 11.6 Å². The van der Waals surface area contributed by atoms with Crippen LogP contribution in [0.3, 0.4) is 0 Å². The molecular formula is C8H13NO. The van der Waals surface area contributed by atoms with Crippen LogP contribution in [0.2, 0.25) is 0 Å². The molecule has 1 aliphatic rings. The van der Waals surface area contributed by atoms with Crippen molar-refractivity contribution < 1.29 is 4.79 Å². The highest BCUT2D eigenvalue weighted by molar-refractivity contribution is 5.92. The third kappa shape index (κ3) is 2.78. The van der Waals surface area contributed by atoms with E-state index in [0.717, 1.165) is 12.8 Å². The van der Waals surface area contributed by atoms with Crippen LogP contribution < -0.4 is 0 Å². The molecule has 0 bridgehead atoms. The van der Waals surface area contributed by atoms with Gasteiger partial charge in [0.05, 0.1) is 6.54 Å². The Morgan fingerprint density at radius 3 is 2.60 bits per heavy atom. The molecule has 0 spiro atoms. The van der Waals surface area contributed by atoms with E-state index in [2.05, 4.69) is 0 Å². The number of carbonyl (C=O) groups excluding carboxylic acids is 1. The molecule has 0 amide bonds. The zero-order valence-electron chi connectivity index (χ0n) is 6.55.